The summed E-state index contributed by atoms with van der Waals surface area (Å²) in [7, 11) is -3.41. The van der Waals surface area contributed by atoms with Crippen molar-refractivity contribution >= 4 is 15.7 Å². The molecule has 1 aromatic rings. The highest BCUT2D eigenvalue weighted by Gasteiger charge is 2.55. The molecule has 2 unspecified atom stereocenters. The molecule has 1 aliphatic heterocycles. The Kier molecular flexibility index (Phi) is 4.23. The van der Waals surface area contributed by atoms with E-state index < -0.39 is 14.6 Å². The van der Waals surface area contributed by atoms with Crippen LogP contribution in [0.15, 0.2) is 30.3 Å². The molecule has 0 N–H and O–H groups in total. The topological polar surface area (TPSA) is 63.7 Å². The molecular weight excluding hydrogens is 314 g/mol. The van der Waals surface area contributed by atoms with Crippen molar-refractivity contribution in [3.8, 4) is 0 Å². The van der Waals surface area contributed by atoms with Gasteiger partial charge in [-0.1, -0.05) is 30.3 Å². The molecule has 2 aliphatic rings. The quantitative estimate of drug-likeness (QED) is 0.846. The van der Waals surface area contributed by atoms with Gasteiger partial charge in [0.2, 0.25) is 5.91 Å². The van der Waals surface area contributed by atoms with Crippen molar-refractivity contribution in [3.05, 3.63) is 35.9 Å². The Morgan fingerprint density at radius 1 is 1.26 bits per heavy atom. The van der Waals surface area contributed by atoms with Crippen molar-refractivity contribution in [1.29, 1.82) is 0 Å². The Labute approximate surface area is 137 Å². The average molecular weight is 337 g/mol. The van der Waals surface area contributed by atoms with Crippen molar-refractivity contribution in [2.45, 2.75) is 43.1 Å². The second-order valence-corrected chi connectivity index (χ2v) is 8.99. The van der Waals surface area contributed by atoms with Gasteiger partial charge < -0.3 is 9.64 Å². The molecule has 3 rings (SSSR count). The fourth-order valence-electron chi connectivity index (χ4n) is 3.41. The van der Waals surface area contributed by atoms with Gasteiger partial charge in [0.15, 0.2) is 14.6 Å². The third-order valence-electron chi connectivity index (χ3n) is 5.13. The smallest absolute Gasteiger partial charge is 0.244 e. The number of rotatable bonds is 3. The molecule has 1 heterocycles. The van der Waals surface area contributed by atoms with E-state index in [0.29, 0.717) is 26.0 Å². The molecule has 1 saturated heterocycles. The molecule has 6 heteroatoms. The molecule has 2 fully saturated rings. The van der Waals surface area contributed by atoms with Crippen LogP contribution in [0.25, 0.3) is 0 Å². The maximum atomic E-state index is 13.0. The van der Waals surface area contributed by atoms with E-state index in [-0.39, 0.29) is 18.1 Å². The van der Waals surface area contributed by atoms with Crippen molar-refractivity contribution < 1.29 is 17.9 Å². The standard InChI is InChI=1S/C17H23NO4S/c1-13-12-22-15(14-7-4-3-5-8-14)11-18(13)16(19)17(9-6-10-17)23(2,20)21/h3-5,7-8,13,15H,6,9-12H2,1-2H3. The van der Waals surface area contributed by atoms with Crippen LogP contribution >= 0.6 is 0 Å². The first-order valence-electron chi connectivity index (χ1n) is 8.02. The van der Waals surface area contributed by atoms with E-state index in [1.54, 1.807) is 4.90 Å². The lowest BCUT2D eigenvalue weighted by molar-refractivity contribution is -0.149. The first kappa shape index (κ1) is 16.5. The highest BCUT2D eigenvalue weighted by molar-refractivity contribution is 7.93. The van der Waals surface area contributed by atoms with Gasteiger partial charge in [-0.15, -0.1) is 0 Å². The summed E-state index contributed by atoms with van der Waals surface area (Å²) in [4.78, 5) is 14.7. The van der Waals surface area contributed by atoms with Crippen LogP contribution in [0.2, 0.25) is 0 Å². The summed E-state index contributed by atoms with van der Waals surface area (Å²) >= 11 is 0. The largest absolute Gasteiger partial charge is 0.370 e. The summed E-state index contributed by atoms with van der Waals surface area (Å²) in [5.74, 6) is -0.247. The van der Waals surface area contributed by atoms with Crippen LogP contribution in [0.5, 0.6) is 0 Å². The van der Waals surface area contributed by atoms with E-state index in [0.717, 1.165) is 12.0 Å². The summed E-state index contributed by atoms with van der Waals surface area (Å²) < 4.78 is 29.1. The van der Waals surface area contributed by atoms with Crippen molar-refractivity contribution in [2.24, 2.45) is 0 Å². The molecule has 0 spiro atoms. The molecule has 5 nitrogen and oxygen atoms in total. The molecule has 1 aliphatic carbocycles. The summed E-state index contributed by atoms with van der Waals surface area (Å²) in [6.45, 7) is 2.74. The third-order valence-corrected chi connectivity index (χ3v) is 7.13. The van der Waals surface area contributed by atoms with E-state index >= 15 is 0 Å². The second kappa shape index (κ2) is 5.91. The summed E-state index contributed by atoms with van der Waals surface area (Å²) in [6, 6.07) is 9.64. The average Bonchev–Trinajstić information content (AvgIpc) is 2.45. The Morgan fingerprint density at radius 2 is 1.91 bits per heavy atom. The van der Waals surface area contributed by atoms with Gasteiger partial charge in [-0.3, -0.25) is 4.79 Å². The van der Waals surface area contributed by atoms with E-state index in [1.165, 1.54) is 6.26 Å². The van der Waals surface area contributed by atoms with Crippen molar-refractivity contribution in [2.75, 3.05) is 19.4 Å². The third kappa shape index (κ3) is 2.78. The second-order valence-electron chi connectivity index (χ2n) is 6.66. The molecule has 126 valence electrons. The van der Waals surface area contributed by atoms with Crippen LogP contribution in [0, 0.1) is 0 Å². The number of benzene rings is 1. The van der Waals surface area contributed by atoms with E-state index in [9.17, 15) is 13.2 Å². The Morgan fingerprint density at radius 3 is 2.43 bits per heavy atom. The number of hydrogen-bond acceptors (Lipinski definition) is 4. The molecule has 2 atom stereocenters. The van der Waals surface area contributed by atoms with Gasteiger partial charge in [0.05, 0.1) is 19.2 Å². The SMILES string of the molecule is CC1COC(c2ccccc2)CN1C(=O)C1(S(C)(=O)=O)CCC1. The van der Waals surface area contributed by atoms with Gasteiger partial charge in [-0.25, -0.2) is 8.42 Å². The molecule has 1 saturated carbocycles. The predicted octanol–water partition coefficient (Wildman–Crippen LogP) is 1.94. The van der Waals surface area contributed by atoms with Crippen LogP contribution in [0.1, 0.15) is 37.9 Å². The summed E-state index contributed by atoms with van der Waals surface area (Å²) in [6.07, 6.45) is 2.65. The zero-order valence-electron chi connectivity index (χ0n) is 13.6. The molecule has 1 aromatic carbocycles. The number of hydrogen-bond donors (Lipinski definition) is 0. The fourth-order valence-corrected chi connectivity index (χ4v) is 4.88. The van der Waals surface area contributed by atoms with Gasteiger partial charge in [0.25, 0.3) is 0 Å². The molecular formula is C17H23NO4S. The van der Waals surface area contributed by atoms with Crippen LogP contribution in [-0.4, -0.2) is 49.4 Å². The predicted molar refractivity (Wildman–Crippen MR) is 87.7 cm³/mol. The van der Waals surface area contributed by atoms with E-state index in [2.05, 4.69) is 0 Å². The highest BCUT2D eigenvalue weighted by atomic mass is 32.2. The van der Waals surface area contributed by atoms with Gasteiger partial charge in [0.1, 0.15) is 6.10 Å². The normalized spacial score (nSPS) is 27.3. The number of ether oxygens (including phenoxy) is 1. The minimum absolute atomic E-state index is 0.110. The van der Waals surface area contributed by atoms with Crippen LogP contribution in [0.4, 0.5) is 0 Å². The molecule has 1 amide bonds. The minimum atomic E-state index is -3.41. The number of sulfone groups is 1. The molecule has 23 heavy (non-hydrogen) atoms. The lowest BCUT2D eigenvalue weighted by atomic mass is 9.82. The summed E-state index contributed by atoms with van der Waals surface area (Å²) in [5, 5.41) is 0. The minimum Gasteiger partial charge on any atom is -0.370 e. The number of nitrogens with zero attached hydrogens (tertiary/aromatic N) is 1. The molecule has 0 radical (unpaired) electrons. The van der Waals surface area contributed by atoms with Crippen LogP contribution < -0.4 is 0 Å². The number of carbonyl (C=O) groups excluding carboxylic acids is 1. The first-order chi connectivity index (χ1) is 10.8. The number of amides is 1. The lowest BCUT2D eigenvalue weighted by Crippen LogP contribution is -2.61. The fraction of sp³-hybridized carbons (Fsp3) is 0.588. The number of carbonyl (C=O) groups is 1. The summed E-state index contributed by atoms with van der Waals surface area (Å²) in [5.41, 5.74) is 1.01. The Balaban J connectivity index is 1.84. The molecule has 0 bridgehead atoms. The highest BCUT2D eigenvalue weighted by Crippen LogP contribution is 2.42. The zero-order valence-corrected chi connectivity index (χ0v) is 14.4. The first-order valence-corrected chi connectivity index (χ1v) is 9.91. The monoisotopic (exact) mass is 337 g/mol. The maximum Gasteiger partial charge on any atom is 0.244 e. The Bertz CT molecular complexity index is 682. The van der Waals surface area contributed by atoms with Crippen LogP contribution in [0.3, 0.4) is 0 Å². The molecule has 0 aromatic heterocycles. The van der Waals surface area contributed by atoms with Crippen LogP contribution in [-0.2, 0) is 19.4 Å². The number of morpholine rings is 1. The maximum absolute atomic E-state index is 13.0. The van der Waals surface area contributed by atoms with Crippen molar-refractivity contribution in [3.63, 3.8) is 0 Å². The Hall–Kier alpha value is -1.40. The van der Waals surface area contributed by atoms with Crippen molar-refractivity contribution in [1.82, 2.24) is 4.90 Å². The van der Waals surface area contributed by atoms with Gasteiger partial charge >= 0.3 is 0 Å². The van der Waals surface area contributed by atoms with Gasteiger partial charge in [-0.2, -0.15) is 0 Å². The zero-order chi connectivity index (χ0) is 16.7. The van der Waals surface area contributed by atoms with Gasteiger partial charge in [-0.05, 0) is 31.7 Å². The van der Waals surface area contributed by atoms with E-state index in [1.807, 2.05) is 37.3 Å². The van der Waals surface area contributed by atoms with Gasteiger partial charge in [0, 0.05) is 6.26 Å². The van der Waals surface area contributed by atoms with E-state index in [4.69, 9.17) is 4.74 Å². The lowest BCUT2D eigenvalue weighted by Gasteiger charge is -2.46.